The lowest BCUT2D eigenvalue weighted by Gasteiger charge is -2.38. The number of rotatable bonds is 16. The van der Waals surface area contributed by atoms with E-state index >= 15 is 0 Å². The lowest BCUT2D eigenvalue weighted by Crippen LogP contribution is -2.47. The van der Waals surface area contributed by atoms with E-state index in [0.29, 0.717) is 76.5 Å². The molecule has 0 amide bonds. The number of nitrogens with one attached hydrogen (secondary N) is 1. The van der Waals surface area contributed by atoms with Crippen LogP contribution in [0.25, 0.3) is 11.1 Å². The number of piperidine rings is 1. The van der Waals surface area contributed by atoms with Gasteiger partial charge in [-0.25, -0.2) is 16.8 Å². The summed E-state index contributed by atoms with van der Waals surface area (Å²) in [5.74, 6) is 0.650. The molecule has 290 valence electrons. The summed E-state index contributed by atoms with van der Waals surface area (Å²) >= 11 is 0. The standard InChI is InChI=1S/C39H53N3O9S2/c1-4-49-35-13-10-29(28-8-11-30(12-9-28)37(2,3)26-40)20-36(35)53(47,48)42-18-16-38(17-19-42)22-31(24-51-38)41-23-32(44)25-50-33-6-5-7-34(21-33)52(45,46)39(27-43)14-15-39/h5-13,20-21,31-32,41,43-44H,4,14-19,22-27,40H2,1-3H3/t31-,32-/m0/s1. The first-order chi connectivity index (χ1) is 25.2. The molecule has 2 heterocycles. The molecule has 0 aromatic heterocycles. The Bertz CT molecular complexity index is 1960. The fourth-order valence-electron chi connectivity index (χ4n) is 7.18. The van der Waals surface area contributed by atoms with Gasteiger partial charge >= 0.3 is 0 Å². The predicted molar refractivity (Wildman–Crippen MR) is 202 cm³/mol. The van der Waals surface area contributed by atoms with Crippen molar-refractivity contribution in [2.24, 2.45) is 5.73 Å². The average Bonchev–Trinajstić information content (AvgIpc) is 3.89. The first-order valence-corrected chi connectivity index (χ1v) is 21.3. The molecular weight excluding hydrogens is 719 g/mol. The van der Waals surface area contributed by atoms with Crippen molar-refractivity contribution in [1.82, 2.24) is 9.62 Å². The number of aliphatic hydroxyl groups excluding tert-OH is 2. The monoisotopic (exact) mass is 771 g/mol. The lowest BCUT2D eigenvalue weighted by atomic mass is 9.84. The molecule has 1 spiro atoms. The molecule has 53 heavy (non-hydrogen) atoms. The van der Waals surface area contributed by atoms with E-state index in [1.807, 2.05) is 37.3 Å². The highest BCUT2D eigenvalue weighted by Crippen LogP contribution is 2.46. The second kappa shape index (κ2) is 15.6. The average molecular weight is 772 g/mol. The molecular formula is C39H53N3O9S2. The van der Waals surface area contributed by atoms with Crippen LogP contribution in [0.2, 0.25) is 0 Å². The van der Waals surface area contributed by atoms with Gasteiger partial charge in [0.05, 0.1) is 35.1 Å². The van der Waals surface area contributed by atoms with Crippen molar-refractivity contribution in [1.29, 1.82) is 0 Å². The first kappa shape index (κ1) is 39.6. The largest absolute Gasteiger partial charge is 0.492 e. The summed E-state index contributed by atoms with van der Waals surface area (Å²) in [5.41, 5.74) is 8.13. The molecule has 3 aromatic rings. The Kier molecular flexibility index (Phi) is 11.6. The maximum atomic E-state index is 14.1. The van der Waals surface area contributed by atoms with Gasteiger partial charge in [0, 0.05) is 37.6 Å². The van der Waals surface area contributed by atoms with Crippen molar-refractivity contribution in [2.45, 2.75) is 90.6 Å². The minimum Gasteiger partial charge on any atom is -0.492 e. The van der Waals surface area contributed by atoms with E-state index in [-0.39, 0.29) is 34.4 Å². The van der Waals surface area contributed by atoms with Crippen LogP contribution in [-0.2, 0) is 30.0 Å². The number of nitrogens with zero attached hydrogens (tertiary/aromatic N) is 1. The van der Waals surface area contributed by atoms with Crippen molar-refractivity contribution in [3.63, 3.8) is 0 Å². The number of ether oxygens (including phenoxy) is 3. The highest BCUT2D eigenvalue weighted by Gasteiger charge is 2.54. The van der Waals surface area contributed by atoms with Crippen LogP contribution >= 0.6 is 0 Å². The van der Waals surface area contributed by atoms with Gasteiger partial charge < -0.3 is 35.5 Å². The summed E-state index contributed by atoms with van der Waals surface area (Å²) in [6.45, 7) is 7.68. The fraction of sp³-hybridized carbons (Fsp3) is 0.538. The van der Waals surface area contributed by atoms with Crippen LogP contribution in [-0.4, -0.2) is 106 Å². The van der Waals surface area contributed by atoms with Crippen LogP contribution in [0, 0.1) is 0 Å². The smallest absolute Gasteiger partial charge is 0.246 e. The minimum atomic E-state index is -3.88. The SMILES string of the molecule is CCOc1ccc(-c2ccc(C(C)(C)CN)cc2)cc1S(=O)(=O)N1CCC2(CC1)C[C@H](NC[C@H](O)COc1cccc(S(=O)(=O)C3(CO)CC3)c1)CO2. The molecule has 1 aliphatic carbocycles. The number of aliphatic hydroxyl groups is 2. The molecule has 2 atom stereocenters. The minimum absolute atomic E-state index is 0.0301. The van der Waals surface area contributed by atoms with Crippen molar-refractivity contribution in [2.75, 3.05) is 52.6 Å². The Labute approximate surface area is 313 Å². The van der Waals surface area contributed by atoms with Gasteiger partial charge in [-0.15, -0.1) is 0 Å². The van der Waals surface area contributed by atoms with E-state index in [9.17, 15) is 27.0 Å². The van der Waals surface area contributed by atoms with E-state index in [2.05, 4.69) is 19.2 Å². The van der Waals surface area contributed by atoms with E-state index in [1.165, 1.54) is 16.4 Å². The normalized spacial score (nSPS) is 20.7. The summed E-state index contributed by atoms with van der Waals surface area (Å²) in [4.78, 5) is 0.242. The molecule has 5 N–H and O–H groups in total. The zero-order valence-corrected chi connectivity index (χ0v) is 32.4. The molecule has 3 fully saturated rings. The highest BCUT2D eigenvalue weighted by molar-refractivity contribution is 7.93. The van der Waals surface area contributed by atoms with Crippen LogP contribution in [0.15, 0.2) is 76.5 Å². The topological polar surface area (TPSA) is 178 Å². The molecule has 0 radical (unpaired) electrons. The van der Waals surface area contributed by atoms with Crippen LogP contribution in [0.3, 0.4) is 0 Å². The molecule has 12 nitrogen and oxygen atoms in total. The van der Waals surface area contributed by atoms with Crippen molar-refractivity contribution in [3.8, 4) is 22.6 Å². The zero-order valence-electron chi connectivity index (χ0n) is 30.8. The predicted octanol–water partition coefficient (Wildman–Crippen LogP) is 3.63. The molecule has 3 aliphatic rings. The fourth-order valence-corrected chi connectivity index (χ4v) is 10.6. The van der Waals surface area contributed by atoms with Crippen LogP contribution in [0.5, 0.6) is 11.5 Å². The molecule has 0 bridgehead atoms. The summed E-state index contributed by atoms with van der Waals surface area (Å²) in [6.07, 6.45) is 1.75. The number of hydrogen-bond donors (Lipinski definition) is 4. The lowest BCUT2D eigenvalue weighted by molar-refractivity contribution is -0.0312. The van der Waals surface area contributed by atoms with Gasteiger partial charge in [-0.05, 0) is 86.1 Å². The van der Waals surface area contributed by atoms with Gasteiger partial charge in [0.25, 0.3) is 0 Å². The van der Waals surface area contributed by atoms with E-state index in [0.717, 1.165) is 16.7 Å². The summed E-state index contributed by atoms with van der Waals surface area (Å²) in [5, 5.41) is 23.6. The Balaban J connectivity index is 1.02. The third-order valence-corrected chi connectivity index (χ3v) is 15.6. The molecule has 0 unspecified atom stereocenters. The van der Waals surface area contributed by atoms with Crippen molar-refractivity contribution < 1.29 is 41.3 Å². The molecule has 14 heteroatoms. The Morgan fingerprint density at radius 3 is 2.32 bits per heavy atom. The van der Waals surface area contributed by atoms with Crippen LogP contribution in [0.1, 0.15) is 58.4 Å². The van der Waals surface area contributed by atoms with Gasteiger partial charge in [-0.3, -0.25) is 0 Å². The zero-order chi connectivity index (χ0) is 38.1. The second-order valence-corrected chi connectivity index (χ2v) is 19.5. The van der Waals surface area contributed by atoms with Gasteiger partial charge in [-0.2, -0.15) is 4.31 Å². The number of hydrogen-bond acceptors (Lipinski definition) is 11. The molecule has 2 aliphatic heterocycles. The Morgan fingerprint density at radius 1 is 0.981 bits per heavy atom. The number of nitrogens with two attached hydrogens (primary N) is 1. The van der Waals surface area contributed by atoms with Gasteiger partial charge in [0.15, 0.2) is 9.84 Å². The van der Waals surface area contributed by atoms with E-state index in [4.69, 9.17) is 19.9 Å². The summed E-state index contributed by atoms with van der Waals surface area (Å²) < 4.78 is 72.4. The molecule has 3 aromatic carbocycles. The quantitative estimate of drug-likeness (QED) is 0.167. The number of benzene rings is 3. The molecule has 6 rings (SSSR count). The van der Waals surface area contributed by atoms with E-state index < -0.39 is 42.9 Å². The molecule has 1 saturated carbocycles. The summed E-state index contributed by atoms with van der Waals surface area (Å²) in [6, 6.07) is 19.5. The maximum absolute atomic E-state index is 14.1. The Hall–Kier alpha value is -3.08. The van der Waals surface area contributed by atoms with Gasteiger partial charge in [0.2, 0.25) is 10.0 Å². The van der Waals surface area contributed by atoms with Crippen LogP contribution in [0.4, 0.5) is 0 Å². The highest BCUT2D eigenvalue weighted by atomic mass is 32.2. The number of sulfonamides is 1. The first-order valence-electron chi connectivity index (χ1n) is 18.4. The molecule has 2 saturated heterocycles. The van der Waals surface area contributed by atoms with E-state index in [1.54, 1.807) is 24.3 Å². The van der Waals surface area contributed by atoms with Gasteiger partial charge in [-0.1, -0.05) is 50.2 Å². The third-order valence-electron chi connectivity index (χ3n) is 11.1. The third kappa shape index (κ3) is 8.30. The van der Waals surface area contributed by atoms with Crippen molar-refractivity contribution in [3.05, 3.63) is 72.3 Å². The maximum Gasteiger partial charge on any atom is 0.246 e. The Morgan fingerprint density at radius 2 is 1.68 bits per heavy atom. The summed E-state index contributed by atoms with van der Waals surface area (Å²) in [7, 11) is -7.56. The number of sulfone groups is 1. The second-order valence-electron chi connectivity index (χ2n) is 15.3. The van der Waals surface area contributed by atoms with Gasteiger partial charge in [0.1, 0.15) is 29.1 Å². The van der Waals surface area contributed by atoms with Crippen LogP contribution < -0.4 is 20.5 Å². The van der Waals surface area contributed by atoms with Crippen molar-refractivity contribution >= 4 is 19.9 Å².